The Balaban J connectivity index is 2.17. The zero-order chi connectivity index (χ0) is 21.6. The van der Waals surface area contributed by atoms with Crippen LogP contribution in [0.25, 0.3) is 0 Å². The molecule has 0 aliphatic heterocycles. The van der Waals surface area contributed by atoms with Crippen LogP contribution in [0.15, 0.2) is 42.5 Å². The highest BCUT2D eigenvalue weighted by Crippen LogP contribution is 2.31. The molecule has 2 aromatic rings. The summed E-state index contributed by atoms with van der Waals surface area (Å²) < 4.78 is 32.5. The van der Waals surface area contributed by atoms with Crippen molar-refractivity contribution >= 4 is 44.9 Å². The lowest BCUT2D eigenvalue weighted by Crippen LogP contribution is -2.28. The van der Waals surface area contributed by atoms with Gasteiger partial charge in [-0.15, -0.1) is 0 Å². The summed E-state index contributed by atoms with van der Waals surface area (Å²) in [5.74, 6) is 0.270. The van der Waals surface area contributed by atoms with Gasteiger partial charge in [0, 0.05) is 19.2 Å². The fourth-order valence-corrected chi connectivity index (χ4v) is 3.50. The Morgan fingerprint density at radius 1 is 1.10 bits per heavy atom. The van der Waals surface area contributed by atoms with Crippen LogP contribution in [0, 0.1) is 0 Å². The smallest absolute Gasteiger partial charge is 0.264 e. The summed E-state index contributed by atoms with van der Waals surface area (Å²) in [5, 5.41) is 0.775. The number of rotatable bonds is 9. The topological polar surface area (TPSA) is 72.9 Å². The first-order valence-corrected chi connectivity index (χ1v) is 11.4. The fourth-order valence-electron chi connectivity index (χ4n) is 2.79. The molecule has 0 aromatic heterocycles. The number of nitrogens with zero attached hydrogens (tertiary/aromatic N) is 1. The first-order valence-electron chi connectivity index (χ1n) is 8.80. The van der Waals surface area contributed by atoms with Gasteiger partial charge >= 0.3 is 0 Å². The van der Waals surface area contributed by atoms with Gasteiger partial charge in [-0.3, -0.25) is 8.98 Å². The van der Waals surface area contributed by atoms with E-state index >= 15 is 0 Å². The van der Waals surface area contributed by atoms with Gasteiger partial charge in [0.15, 0.2) is 0 Å². The molecule has 0 saturated heterocycles. The number of halogens is 2. The largest absolute Gasteiger partial charge is 0.497 e. The lowest BCUT2D eigenvalue weighted by atomic mass is 9.92. The standard InChI is InChI=1S/C20H23Cl2NO5S/c1-23(16-5-7-17(27-2)8-6-16)20(24)13-15(10-11-28-29(3,25)26)14-4-9-18(21)19(22)12-14/h4-9,12,15H,10-11,13H2,1-3H3. The highest BCUT2D eigenvalue weighted by Gasteiger charge is 2.21. The Morgan fingerprint density at radius 2 is 1.76 bits per heavy atom. The molecule has 0 saturated carbocycles. The molecular weight excluding hydrogens is 437 g/mol. The van der Waals surface area contributed by atoms with Crippen molar-refractivity contribution in [2.45, 2.75) is 18.8 Å². The first-order chi connectivity index (χ1) is 13.6. The van der Waals surface area contributed by atoms with Crippen LogP contribution in [0.2, 0.25) is 10.0 Å². The van der Waals surface area contributed by atoms with Crippen LogP contribution in [0.1, 0.15) is 24.3 Å². The number of carbonyl (C=O) groups is 1. The molecule has 6 nitrogen and oxygen atoms in total. The third-order valence-corrected chi connectivity index (χ3v) is 5.77. The van der Waals surface area contributed by atoms with Crippen molar-refractivity contribution in [1.82, 2.24) is 0 Å². The number of anilines is 1. The lowest BCUT2D eigenvalue weighted by Gasteiger charge is -2.22. The van der Waals surface area contributed by atoms with E-state index in [4.69, 9.17) is 32.1 Å². The summed E-state index contributed by atoms with van der Waals surface area (Å²) in [7, 11) is -0.308. The van der Waals surface area contributed by atoms with Crippen LogP contribution < -0.4 is 9.64 Å². The van der Waals surface area contributed by atoms with Crippen molar-refractivity contribution in [2.75, 3.05) is 31.9 Å². The zero-order valence-electron chi connectivity index (χ0n) is 16.4. The van der Waals surface area contributed by atoms with Crippen molar-refractivity contribution in [3.8, 4) is 5.75 Å². The predicted molar refractivity (Wildman–Crippen MR) is 116 cm³/mol. The van der Waals surface area contributed by atoms with Crippen molar-refractivity contribution in [1.29, 1.82) is 0 Å². The molecule has 0 radical (unpaired) electrons. The van der Waals surface area contributed by atoms with Crippen LogP contribution in [0.4, 0.5) is 5.69 Å². The summed E-state index contributed by atoms with van der Waals surface area (Å²) in [6, 6.07) is 12.2. The maximum Gasteiger partial charge on any atom is 0.264 e. The number of ether oxygens (including phenoxy) is 1. The highest BCUT2D eigenvalue weighted by atomic mass is 35.5. The second-order valence-corrected chi connectivity index (χ2v) is 9.00. The van der Waals surface area contributed by atoms with E-state index in [0.29, 0.717) is 22.2 Å². The average Bonchev–Trinajstić information content (AvgIpc) is 2.67. The molecular formula is C20H23Cl2NO5S. The minimum absolute atomic E-state index is 0.0384. The van der Waals surface area contributed by atoms with E-state index in [0.717, 1.165) is 17.5 Å². The van der Waals surface area contributed by atoms with Crippen LogP contribution in [-0.2, 0) is 19.1 Å². The summed E-state index contributed by atoms with van der Waals surface area (Å²) >= 11 is 12.1. The average molecular weight is 460 g/mol. The van der Waals surface area contributed by atoms with E-state index in [2.05, 4.69) is 0 Å². The second kappa shape index (κ2) is 10.3. The molecule has 1 atom stereocenters. The Hall–Kier alpha value is -1.80. The molecule has 29 heavy (non-hydrogen) atoms. The van der Waals surface area contributed by atoms with Gasteiger partial charge in [-0.1, -0.05) is 29.3 Å². The van der Waals surface area contributed by atoms with Crippen LogP contribution in [0.3, 0.4) is 0 Å². The van der Waals surface area contributed by atoms with Crippen LogP contribution in [0.5, 0.6) is 5.75 Å². The summed E-state index contributed by atoms with van der Waals surface area (Å²) in [6.45, 7) is -0.0384. The van der Waals surface area contributed by atoms with Crippen LogP contribution in [-0.4, -0.2) is 41.3 Å². The Labute approximate surface area is 181 Å². The van der Waals surface area contributed by atoms with Crippen molar-refractivity contribution < 1.29 is 22.1 Å². The highest BCUT2D eigenvalue weighted by molar-refractivity contribution is 7.85. The van der Waals surface area contributed by atoms with Crippen LogP contribution >= 0.6 is 23.2 Å². The van der Waals surface area contributed by atoms with Crippen molar-refractivity contribution in [2.24, 2.45) is 0 Å². The molecule has 1 amide bonds. The molecule has 0 bridgehead atoms. The third-order valence-electron chi connectivity index (χ3n) is 4.43. The Kier molecular flexibility index (Phi) is 8.34. The van der Waals surface area contributed by atoms with E-state index in [9.17, 15) is 13.2 Å². The zero-order valence-corrected chi connectivity index (χ0v) is 18.7. The predicted octanol–water partition coefficient (Wildman–Crippen LogP) is 4.51. The van der Waals surface area contributed by atoms with E-state index in [1.807, 2.05) is 0 Å². The molecule has 0 aliphatic rings. The number of carbonyl (C=O) groups excluding carboxylic acids is 1. The fraction of sp³-hybridized carbons (Fsp3) is 0.350. The molecule has 2 rings (SSSR count). The molecule has 0 N–H and O–H groups in total. The monoisotopic (exact) mass is 459 g/mol. The van der Waals surface area contributed by atoms with Gasteiger partial charge in [-0.25, -0.2) is 0 Å². The summed E-state index contributed by atoms with van der Waals surface area (Å²) in [4.78, 5) is 14.4. The Bertz CT molecular complexity index is 948. The lowest BCUT2D eigenvalue weighted by molar-refractivity contribution is -0.118. The molecule has 1 unspecified atom stereocenters. The summed E-state index contributed by atoms with van der Waals surface area (Å²) in [5.41, 5.74) is 1.50. The quantitative estimate of drug-likeness (QED) is 0.515. The minimum Gasteiger partial charge on any atom is -0.497 e. The van der Waals surface area contributed by atoms with Gasteiger partial charge < -0.3 is 9.64 Å². The van der Waals surface area contributed by atoms with Gasteiger partial charge in [-0.05, 0) is 54.3 Å². The number of hydrogen-bond acceptors (Lipinski definition) is 5. The van der Waals surface area contributed by atoms with Gasteiger partial charge in [0.1, 0.15) is 5.75 Å². The second-order valence-electron chi connectivity index (χ2n) is 6.54. The van der Waals surface area contributed by atoms with E-state index in [-0.39, 0.29) is 24.9 Å². The molecule has 158 valence electrons. The number of methoxy groups -OCH3 is 1. The number of benzene rings is 2. The van der Waals surface area contributed by atoms with Crippen molar-refractivity contribution in [3.63, 3.8) is 0 Å². The molecule has 9 heteroatoms. The summed E-state index contributed by atoms with van der Waals surface area (Å²) in [6.07, 6.45) is 1.46. The van der Waals surface area contributed by atoms with E-state index in [1.54, 1.807) is 61.5 Å². The van der Waals surface area contributed by atoms with Gasteiger partial charge in [0.05, 0.1) is 30.0 Å². The number of amides is 1. The van der Waals surface area contributed by atoms with Crippen molar-refractivity contribution in [3.05, 3.63) is 58.1 Å². The Morgan fingerprint density at radius 3 is 2.31 bits per heavy atom. The minimum atomic E-state index is -3.57. The molecule has 0 aliphatic carbocycles. The SMILES string of the molecule is COc1ccc(N(C)C(=O)CC(CCOS(C)(=O)=O)c2ccc(Cl)c(Cl)c2)cc1. The molecule has 0 spiro atoms. The first kappa shape index (κ1) is 23.5. The number of hydrogen-bond donors (Lipinski definition) is 0. The molecule has 2 aromatic carbocycles. The molecule has 0 heterocycles. The molecule has 0 fully saturated rings. The van der Waals surface area contributed by atoms with Gasteiger partial charge in [-0.2, -0.15) is 8.42 Å². The van der Waals surface area contributed by atoms with Gasteiger partial charge in [0.2, 0.25) is 5.91 Å². The normalized spacial score (nSPS) is 12.4. The maximum absolute atomic E-state index is 12.9. The maximum atomic E-state index is 12.9. The van der Waals surface area contributed by atoms with E-state index in [1.165, 1.54) is 0 Å². The third kappa shape index (κ3) is 7.19. The van der Waals surface area contributed by atoms with E-state index < -0.39 is 10.1 Å². The van der Waals surface area contributed by atoms with Gasteiger partial charge in [0.25, 0.3) is 10.1 Å².